The van der Waals surface area contributed by atoms with Crippen LogP contribution in [0.1, 0.15) is 46.0 Å². The molecule has 15 heavy (non-hydrogen) atoms. The third-order valence-electron chi connectivity index (χ3n) is 2.28. The normalized spacial score (nSPS) is 10.1. The molecule has 1 heterocycles. The van der Waals surface area contributed by atoms with Gasteiger partial charge in [0.2, 0.25) is 0 Å². The molecular formula is C11H15NO3. The lowest BCUT2D eigenvalue weighted by molar-refractivity contribution is 0.0524. The molecule has 1 aromatic rings. The van der Waals surface area contributed by atoms with E-state index < -0.39 is 0 Å². The molecule has 0 aliphatic heterocycles. The van der Waals surface area contributed by atoms with Crippen LogP contribution in [0.5, 0.6) is 0 Å². The molecule has 0 amide bonds. The molecule has 0 aliphatic carbocycles. The van der Waals surface area contributed by atoms with Crippen molar-refractivity contribution in [3.63, 3.8) is 0 Å². The maximum Gasteiger partial charge on any atom is 0.340 e. The fraction of sp³-hybridized carbons (Fsp3) is 0.455. The van der Waals surface area contributed by atoms with Crippen LogP contribution in [0.15, 0.2) is 0 Å². The summed E-state index contributed by atoms with van der Waals surface area (Å²) in [7, 11) is 0. The topological polar surface area (TPSA) is 59.2 Å². The second-order valence-corrected chi connectivity index (χ2v) is 3.21. The summed E-state index contributed by atoms with van der Waals surface area (Å²) < 4.78 is 4.93. The predicted octanol–water partition coefficient (Wildman–Crippen LogP) is 1.87. The molecule has 0 saturated carbocycles. The Kier molecular flexibility index (Phi) is 3.66. The zero-order valence-corrected chi connectivity index (χ0v) is 9.22. The minimum Gasteiger partial charge on any atom is -0.462 e. The van der Waals surface area contributed by atoms with Crippen LogP contribution in [0.25, 0.3) is 0 Å². The molecule has 0 unspecified atom stereocenters. The van der Waals surface area contributed by atoms with Gasteiger partial charge in [-0.15, -0.1) is 0 Å². The van der Waals surface area contributed by atoms with Crippen LogP contribution >= 0.6 is 0 Å². The zero-order valence-electron chi connectivity index (χ0n) is 9.22. The highest BCUT2D eigenvalue weighted by Crippen LogP contribution is 2.19. The van der Waals surface area contributed by atoms with Crippen LogP contribution in [0.2, 0.25) is 0 Å². The number of rotatable bonds is 4. The van der Waals surface area contributed by atoms with E-state index in [1.165, 1.54) is 0 Å². The Hall–Kier alpha value is -1.58. The largest absolute Gasteiger partial charge is 0.462 e. The minimum absolute atomic E-state index is 0.336. The molecule has 1 rings (SSSR count). The Morgan fingerprint density at radius 2 is 2.13 bits per heavy atom. The third-order valence-corrected chi connectivity index (χ3v) is 2.28. The van der Waals surface area contributed by atoms with Crippen LogP contribution in [0, 0.1) is 6.92 Å². The number of aromatic amines is 1. The number of hydrogen-bond acceptors (Lipinski definition) is 3. The van der Waals surface area contributed by atoms with Gasteiger partial charge in [0.05, 0.1) is 17.9 Å². The monoisotopic (exact) mass is 209 g/mol. The summed E-state index contributed by atoms with van der Waals surface area (Å²) in [5.41, 5.74) is 2.40. The number of carbonyl (C=O) groups is 2. The fourth-order valence-corrected chi connectivity index (χ4v) is 1.65. The molecule has 0 saturated heterocycles. The van der Waals surface area contributed by atoms with Gasteiger partial charge in [0, 0.05) is 5.69 Å². The smallest absolute Gasteiger partial charge is 0.340 e. The number of hydrogen-bond donors (Lipinski definition) is 1. The van der Waals surface area contributed by atoms with Gasteiger partial charge in [-0.3, -0.25) is 4.79 Å². The zero-order chi connectivity index (χ0) is 11.4. The van der Waals surface area contributed by atoms with Crippen molar-refractivity contribution in [2.45, 2.75) is 27.2 Å². The Morgan fingerprint density at radius 1 is 1.47 bits per heavy atom. The van der Waals surface area contributed by atoms with Crippen molar-refractivity contribution in [3.8, 4) is 0 Å². The van der Waals surface area contributed by atoms with Gasteiger partial charge in [0.1, 0.15) is 0 Å². The highest BCUT2D eigenvalue weighted by molar-refractivity contribution is 5.95. The standard InChI is InChI=1S/C11H15NO3/c1-4-8-9(6-13)12-7(3)10(8)11(14)15-5-2/h6,12H,4-5H2,1-3H3. The molecule has 82 valence electrons. The molecule has 0 atom stereocenters. The average molecular weight is 209 g/mol. The van der Waals surface area contributed by atoms with Crippen molar-refractivity contribution in [2.24, 2.45) is 0 Å². The van der Waals surface area contributed by atoms with E-state index >= 15 is 0 Å². The average Bonchev–Trinajstić information content (AvgIpc) is 2.54. The fourth-order valence-electron chi connectivity index (χ4n) is 1.65. The molecule has 0 radical (unpaired) electrons. The summed E-state index contributed by atoms with van der Waals surface area (Å²) in [6.45, 7) is 5.76. The van der Waals surface area contributed by atoms with Crippen LogP contribution in [0.4, 0.5) is 0 Å². The first-order valence-corrected chi connectivity index (χ1v) is 4.99. The first kappa shape index (κ1) is 11.5. The number of aromatic nitrogens is 1. The summed E-state index contributed by atoms with van der Waals surface area (Å²) in [6, 6.07) is 0. The van der Waals surface area contributed by atoms with Gasteiger partial charge in [-0.1, -0.05) is 6.92 Å². The quantitative estimate of drug-likeness (QED) is 0.608. The molecule has 0 spiro atoms. The molecule has 0 fully saturated rings. The maximum absolute atomic E-state index is 11.6. The third kappa shape index (κ3) is 2.09. The van der Waals surface area contributed by atoms with Crippen molar-refractivity contribution >= 4 is 12.3 Å². The molecule has 4 nitrogen and oxygen atoms in total. The number of esters is 1. The van der Waals surface area contributed by atoms with E-state index in [4.69, 9.17) is 4.74 Å². The van der Waals surface area contributed by atoms with Crippen LogP contribution < -0.4 is 0 Å². The van der Waals surface area contributed by atoms with Gasteiger partial charge in [-0.2, -0.15) is 0 Å². The van der Waals surface area contributed by atoms with Crippen molar-refractivity contribution in [2.75, 3.05) is 6.61 Å². The second-order valence-electron chi connectivity index (χ2n) is 3.21. The van der Waals surface area contributed by atoms with E-state index in [9.17, 15) is 9.59 Å². The lowest BCUT2D eigenvalue weighted by atomic mass is 10.1. The number of aryl methyl sites for hydroxylation is 1. The molecule has 1 N–H and O–H groups in total. The second kappa shape index (κ2) is 4.77. The molecule has 0 bridgehead atoms. The number of aldehydes is 1. The molecule has 1 aromatic heterocycles. The van der Waals surface area contributed by atoms with Crippen molar-refractivity contribution in [1.29, 1.82) is 0 Å². The van der Waals surface area contributed by atoms with Gasteiger partial charge in [-0.05, 0) is 25.8 Å². The van der Waals surface area contributed by atoms with Crippen LogP contribution in [-0.4, -0.2) is 23.8 Å². The summed E-state index contributed by atoms with van der Waals surface area (Å²) in [6.07, 6.45) is 1.36. The highest BCUT2D eigenvalue weighted by atomic mass is 16.5. The minimum atomic E-state index is -0.365. The maximum atomic E-state index is 11.6. The molecule has 0 aliphatic rings. The number of H-pyrrole nitrogens is 1. The number of carbonyl (C=O) groups excluding carboxylic acids is 2. The predicted molar refractivity (Wildman–Crippen MR) is 56.3 cm³/mol. The van der Waals surface area contributed by atoms with Gasteiger partial charge < -0.3 is 9.72 Å². The number of nitrogens with one attached hydrogen (secondary N) is 1. The SMILES string of the molecule is CCOC(=O)c1c(C)[nH]c(C=O)c1CC. The lowest BCUT2D eigenvalue weighted by Gasteiger charge is -2.03. The Bertz CT molecular complexity index is 379. The summed E-state index contributed by atoms with van der Waals surface area (Å²) in [5.74, 6) is -0.365. The van der Waals surface area contributed by atoms with Gasteiger partial charge >= 0.3 is 5.97 Å². The Balaban J connectivity index is 3.20. The molecule has 0 aromatic carbocycles. The van der Waals surface area contributed by atoms with Crippen molar-refractivity contribution < 1.29 is 14.3 Å². The van der Waals surface area contributed by atoms with Gasteiger partial charge in [0.25, 0.3) is 0 Å². The highest BCUT2D eigenvalue weighted by Gasteiger charge is 2.20. The van der Waals surface area contributed by atoms with E-state index in [0.29, 0.717) is 30.0 Å². The van der Waals surface area contributed by atoms with Crippen LogP contribution in [-0.2, 0) is 11.2 Å². The summed E-state index contributed by atoms with van der Waals surface area (Å²) in [4.78, 5) is 25.2. The lowest BCUT2D eigenvalue weighted by Crippen LogP contribution is -2.08. The van der Waals surface area contributed by atoms with Crippen molar-refractivity contribution in [1.82, 2.24) is 4.98 Å². The Labute approximate surface area is 88.6 Å². The van der Waals surface area contributed by atoms with E-state index in [1.807, 2.05) is 6.92 Å². The van der Waals surface area contributed by atoms with E-state index in [1.54, 1.807) is 13.8 Å². The van der Waals surface area contributed by atoms with Crippen LogP contribution in [0.3, 0.4) is 0 Å². The van der Waals surface area contributed by atoms with Gasteiger partial charge in [-0.25, -0.2) is 4.79 Å². The van der Waals surface area contributed by atoms with Crippen molar-refractivity contribution in [3.05, 3.63) is 22.5 Å². The molecular weight excluding hydrogens is 194 g/mol. The summed E-state index contributed by atoms with van der Waals surface area (Å²) in [5, 5.41) is 0. The Morgan fingerprint density at radius 3 is 2.60 bits per heavy atom. The summed E-state index contributed by atoms with van der Waals surface area (Å²) >= 11 is 0. The van der Waals surface area contributed by atoms with E-state index in [2.05, 4.69) is 4.98 Å². The number of ether oxygens (including phenoxy) is 1. The van der Waals surface area contributed by atoms with Gasteiger partial charge in [0.15, 0.2) is 6.29 Å². The molecule has 4 heteroatoms. The first-order chi connectivity index (χ1) is 7.15. The van der Waals surface area contributed by atoms with E-state index in [-0.39, 0.29) is 5.97 Å². The van der Waals surface area contributed by atoms with E-state index in [0.717, 1.165) is 11.8 Å². The first-order valence-electron chi connectivity index (χ1n) is 4.99.